The molecule has 1 amide bonds. The fourth-order valence-electron chi connectivity index (χ4n) is 3.85. The zero-order chi connectivity index (χ0) is 19.8. The third kappa shape index (κ3) is 3.06. The highest BCUT2D eigenvalue weighted by atomic mass is 16.2. The van der Waals surface area contributed by atoms with Crippen LogP contribution in [0.1, 0.15) is 17.3 Å². The van der Waals surface area contributed by atoms with Gasteiger partial charge < -0.3 is 9.80 Å². The lowest BCUT2D eigenvalue weighted by Gasteiger charge is -2.35. The highest BCUT2D eigenvalue weighted by Crippen LogP contribution is 2.23. The Labute approximate surface area is 167 Å². The molecule has 146 valence electrons. The van der Waals surface area contributed by atoms with Crippen LogP contribution < -0.4 is 4.90 Å². The number of hydrogen-bond donors (Lipinski definition) is 0. The number of rotatable bonds is 3. The quantitative estimate of drug-likeness (QED) is 0.537. The molecular formula is C21H21N7O. The van der Waals surface area contributed by atoms with Crippen LogP contribution in [0.2, 0.25) is 0 Å². The van der Waals surface area contributed by atoms with Crippen molar-refractivity contribution in [2.75, 3.05) is 31.1 Å². The molecule has 4 aromatic rings. The van der Waals surface area contributed by atoms with E-state index in [1.54, 1.807) is 11.0 Å². The summed E-state index contributed by atoms with van der Waals surface area (Å²) in [5.74, 6) is 0.854. The maximum absolute atomic E-state index is 13.0. The van der Waals surface area contributed by atoms with Crippen molar-refractivity contribution in [2.45, 2.75) is 13.5 Å². The second-order valence-electron chi connectivity index (χ2n) is 7.12. The Morgan fingerprint density at radius 2 is 1.79 bits per heavy atom. The first-order chi connectivity index (χ1) is 14.2. The van der Waals surface area contributed by atoms with Gasteiger partial charge in [0.1, 0.15) is 6.33 Å². The van der Waals surface area contributed by atoms with Crippen LogP contribution in [-0.2, 0) is 6.54 Å². The van der Waals surface area contributed by atoms with Crippen molar-refractivity contribution in [3.05, 3.63) is 54.4 Å². The van der Waals surface area contributed by atoms with Gasteiger partial charge in [0.15, 0.2) is 17.0 Å². The number of amides is 1. The number of nitrogens with zero attached hydrogens (tertiary/aromatic N) is 7. The van der Waals surface area contributed by atoms with E-state index in [2.05, 4.69) is 31.2 Å². The average molecular weight is 387 g/mol. The Morgan fingerprint density at radius 3 is 2.59 bits per heavy atom. The molecule has 1 aliphatic rings. The third-order valence-electron chi connectivity index (χ3n) is 5.44. The maximum Gasteiger partial charge on any atom is 0.253 e. The molecule has 0 bridgehead atoms. The number of aryl methyl sites for hydroxylation is 1. The molecule has 29 heavy (non-hydrogen) atoms. The Balaban J connectivity index is 1.33. The zero-order valence-electron chi connectivity index (χ0n) is 16.2. The summed E-state index contributed by atoms with van der Waals surface area (Å²) in [5, 5.41) is 10.6. The molecule has 0 spiro atoms. The molecule has 2 aromatic heterocycles. The summed E-state index contributed by atoms with van der Waals surface area (Å²) in [6, 6.07) is 14.0. The molecule has 0 saturated carbocycles. The Hall–Kier alpha value is -3.55. The minimum atomic E-state index is 0.0696. The third-order valence-corrected chi connectivity index (χ3v) is 5.44. The Morgan fingerprint density at radius 1 is 1.00 bits per heavy atom. The van der Waals surface area contributed by atoms with Crippen molar-refractivity contribution in [3.8, 4) is 0 Å². The zero-order valence-corrected chi connectivity index (χ0v) is 16.2. The molecule has 0 radical (unpaired) electrons. The number of piperazine rings is 1. The standard InChI is InChI=1S/C21H21N7O/c1-2-28-20-18(24-25-28)19(22-14-23-20)26-9-11-27(12-10-26)21(29)17-8-7-15-5-3-4-6-16(15)13-17/h3-8,13-14H,2,9-12H2,1H3. The number of anilines is 1. The van der Waals surface area contributed by atoms with Crippen LogP contribution in [0.25, 0.3) is 21.9 Å². The van der Waals surface area contributed by atoms with Gasteiger partial charge in [0.2, 0.25) is 0 Å². The van der Waals surface area contributed by atoms with Crippen LogP contribution in [0.3, 0.4) is 0 Å². The SMILES string of the molecule is CCn1nnc2c(N3CCN(C(=O)c4ccc5ccccc5c4)CC3)ncnc21. The van der Waals surface area contributed by atoms with Crippen molar-refractivity contribution < 1.29 is 4.79 Å². The van der Waals surface area contributed by atoms with Crippen molar-refractivity contribution in [1.29, 1.82) is 0 Å². The molecule has 1 saturated heterocycles. The monoisotopic (exact) mass is 387 g/mol. The molecule has 0 atom stereocenters. The lowest BCUT2D eigenvalue weighted by atomic mass is 10.1. The van der Waals surface area contributed by atoms with E-state index in [0.717, 1.165) is 27.8 Å². The summed E-state index contributed by atoms with van der Waals surface area (Å²) in [4.78, 5) is 25.8. The summed E-state index contributed by atoms with van der Waals surface area (Å²) in [7, 11) is 0. The highest BCUT2D eigenvalue weighted by Gasteiger charge is 2.25. The van der Waals surface area contributed by atoms with Crippen molar-refractivity contribution in [2.24, 2.45) is 0 Å². The molecule has 5 rings (SSSR count). The first-order valence-corrected chi connectivity index (χ1v) is 9.82. The molecule has 8 nitrogen and oxygen atoms in total. The number of benzene rings is 2. The van der Waals surface area contributed by atoms with Crippen LogP contribution >= 0.6 is 0 Å². The molecule has 3 heterocycles. The lowest BCUT2D eigenvalue weighted by molar-refractivity contribution is 0.0747. The number of fused-ring (bicyclic) bond motifs is 2. The van der Waals surface area contributed by atoms with Gasteiger partial charge >= 0.3 is 0 Å². The van der Waals surface area contributed by atoms with Gasteiger partial charge in [0.25, 0.3) is 5.91 Å². The highest BCUT2D eigenvalue weighted by molar-refractivity contribution is 5.98. The van der Waals surface area contributed by atoms with Gasteiger partial charge in [-0.2, -0.15) is 0 Å². The number of aromatic nitrogens is 5. The second-order valence-corrected chi connectivity index (χ2v) is 7.12. The minimum absolute atomic E-state index is 0.0696. The van der Waals surface area contributed by atoms with Crippen molar-refractivity contribution in [1.82, 2.24) is 29.9 Å². The van der Waals surface area contributed by atoms with Gasteiger partial charge in [0, 0.05) is 38.3 Å². The first kappa shape index (κ1) is 17.5. The number of hydrogen-bond acceptors (Lipinski definition) is 6. The molecule has 1 fully saturated rings. The normalized spacial score (nSPS) is 14.7. The summed E-state index contributed by atoms with van der Waals surface area (Å²) in [6.07, 6.45) is 1.56. The molecular weight excluding hydrogens is 366 g/mol. The van der Waals surface area contributed by atoms with Gasteiger partial charge in [-0.15, -0.1) is 5.10 Å². The van der Waals surface area contributed by atoms with Crippen LogP contribution in [0.4, 0.5) is 5.82 Å². The topological polar surface area (TPSA) is 80.0 Å². The second kappa shape index (κ2) is 7.12. The van der Waals surface area contributed by atoms with E-state index in [4.69, 9.17) is 0 Å². The van der Waals surface area contributed by atoms with E-state index < -0.39 is 0 Å². The van der Waals surface area contributed by atoms with Crippen LogP contribution in [0, 0.1) is 0 Å². The molecule has 2 aromatic carbocycles. The van der Waals surface area contributed by atoms with E-state index in [0.29, 0.717) is 38.2 Å². The summed E-state index contributed by atoms with van der Waals surface area (Å²) in [5.41, 5.74) is 2.18. The summed E-state index contributed by atoms with van der Waals surface area (Å²) in [6.45, 7) is 5.39. The Kier molecular flexibility index (Phi) is 4.31. The van der Waals surface area contributed by atoms with Gasteiger partial charge in [0.05, 0.1) is 0 Å². The van der Waals surface area contributed by atoms with Crippen LogP contribution in [0.5, 0.6) is 0 Å². The van der Waals surface area contributed by atoms with E-state index in [1.807, 2.05) is 48.2 Å². The molecule has 0 aliphatic carbocycles. The summed E-state index contributed by atoms with van der Waals surface area (Å²) < 4.78 is 1.76. The molecule has 1 aliphatic heterocycles. The number of carbonyl (C=O) groups is 1. The Bertz CT molecular complexity index is 1190. The fourth-order valence-corrected chi connectivity index (χ4v) is 3.85. The smallest absolute Gasteiger partial charge is 0.253 e. The molecule has 0 N–H and O–H groups in total. The van der Waals surface area contributed by atoms with Crippen LogP contribution in [0.15, 0.2) is 48.8 Å². The van der Waals surface area contributed by atoms with E-state index in [-0.39, 0.29) is 5.91 Å². The van der Waals surface area contributed by atoms with Gasteiger partial charge in [-0.05, 0) is 29.8 Å². The predicted molar refractivity (Wildman–Crippen MR) is 111 cm³/mol. The summed E-state index contributed by atoms with van der Waals surface area (Å²) >= 11 is 0. The average Bonchev–Trinajstić information content (AvgIpc) is 3.22. The molecule has 8 heteroatoms. The predicted octanol–water partition coefficient (Wildman–Crippen LogP) is 2.36. The van der Waals surface area contributed by atoms with Crippen LogP contribution in [-0.4, -0.2) is 61.9 Å². The van der Waals surface area contributed by atoms with Crippen molar-refractivity contribution >= 4 is 33.7 Å². The van der Waals surface area contributed by atoms with Gasteiger partial charge in [-0.3, -0.25) is 4.79 Å². The minimum Gasteiger partial charge on any atom is -0.351 e. The molecule has 0 unspecified atom stereocenters. The van der Waals surface area contributed by atoms with Gasteiger partial charge in [-0.25, -0.2) is 14.6 Å². The van der Waals surface area contributed by atoms with E-state index in [1.165, 1.54) is 0 Å². The number of carbonyl (C=O) groups excluding carboxylic acids is 1. The van der Waals surface area contributed by atoms with Crippen molar-refractivity contribution in [3.63, 3.8) is 0 Å². The first-order valence-electron chi connectivity index (χ1n) is 9.82. The van der Waals surface area contributed by atoms with E-state index >= 15 is 0 Å². The maximum atomic E-state index is 13.0. The fraction of sp³-hybridized carbons (Fsp3) is 0.286. The van der Waals surface area contributed by atoms with Gasteiger partial charge in [-0.1, -0.05) is 35.5 Å². The lowest BCUT2D eigenvalue weighted by Crippen LogP contribution is -2.49. The van der Waals surface area contributed by atoms with E-state index in [9.17, 15) is 4.79 Å². The largest absolute Gasteiger partial charge is 0.351 e.